The highest BCUT2D eigenvalue weighted by Crippen LogP contribution is 2.32. The van der Waals surface area contributed by atoms with Gasteiger partial charge in [0.25, 0.3) is 5.92 Å². The molecule has 0 spiro atoms. The molecule has 0 bridgehead atoms. The normalized spacial score (nSPS) is 29.5. The Morgan fingerprint density at radius 2 is 1.80 bits per heavy atom. The first-order valence-corrected chi connectivity index (χ1v) is 8.47. The summed E-state index contributed by atoms with van der Waals surface area (Å²) in [6, 6.07) is 0. The number of halogens is 2. The quantitative estimate of drug-likeness (QED) is 0.385. The van der Waals surface area contributed by atoms with Crippen LogP contribution in [0.5, 0.6) is 0 Å². The number of rotatable bonds is 0. The Bertz CT molecular complexity index is 333. The lowest BCUT2D eigenvalue weighted by Crippen LogP contribution is -2.33. The van der Waals surface area contributed by atoms with Crippen molar-refractivity contribution in [3.63, 3.8) is 0 Å². The third-order valence-corrected chi connectivity index (χ3v) is 2.97. The van der Waals surface area contributed by atoms with Crippen LogP contribution in [0, 0.1) is 11.5 Å². The van der Waals surface area contributed by atoms with E-state index in [0.29, 0.717) is 0 Å². The second kappa shape index (κ2) is 3.73. The molecule has 1 unspecified atom stereocenters. The van der Waals surface area contributed by atoms with E-state index in [1.54, 1.807) is 0 Å². The molecule has 15 heavy (non-hydrogen) atoms. The van der Waals surface area contributed by atoms with Crippen LogP contribution in [-0.2, 0) is 0 Å². The van der Waals surface area contributed by atoms with E-state index in [1.165, 1.54) is 0 Å². The van der Waals surface area contributed by atoms with Crippen LogP contribution in [0.2, 0.25) is 19.6 Å². The maximum atomic E-state index is 12.8. The van der Waals surface area contributed by atoms with E-state index < -0.39 is 19.6 Å². The number of allylic oxidation sites excluding steroid dienone is 1. The van der Waals surface area contributed by atoms with Crippen LogP contribution in [0.15, 0.2) is 12.2 Å². The number of alkyl halides is 2. The summed E-state index contributed by atoms with van der Waals surface area (Å²) in [5.41, 5.74) is 1.66. The molecule has 1 rings (SSSR count). The Balaban J connectivity index is 2.83. The van der Waals surface area contributed by atoms with Gasteiger partial charge in [-0.15, -0.1) is 5.54 Å². The third-order valence-electron chi connectivity index (χ3n) is 2.10. The van der Waals surface area contributed by atoms with Crippen molar-refractivity contribution in [3.05, 3.63) is 12.2 Å². The molecule has 0 saturated carbocycles. The zero-order valence-corrected chi connectivity index (χ0v) is 10.3. The molecule has 0 aromatic carbocycles. The third kappa shape index (κ3) is 4.14. The summed E-state index contributed by atoms with van der Waals surface area (Å²) in [6.07, 6.45) is 1.56. The van der Waals surface area contributed by atoms with E-state index in [2.05, 4.69) is 11.5 Å². The van der Waals surface area contributed by atoms with Crippen molar-refractivity contribution in [2.24, 2.45) is 0 Å². The first-order chi connectivity index (χ1) is 6.62. The molecule has 0 fully saturated rings. The predicted octanol–water partition coefficient (Wildman–Crippen LogP) is 2.58. The largest absolute Gasteiger partial charge is 0.374 e. The maximum Gasteiger partial charge on any atom is 0.266 e. The monoisotopic (exact) mass is 230 g/mol. The Labute approximate surface area is 90.2 Å². The highest BCUT2D eigenvalue weighted by atomic mass is 28.3. The Kier molecular flexibility index (Phi) is 3.08. The summed E-state index contributed by atoms with van der Waals surface area (Å²) in [4.78, 5) is 0. The van der Waals surface area contributed by atoms with Crippen molar-refractivity contribution in [1.29, 1.82) is 0 Å². The van der Waals surface area contributed by atoms with Gasteiger partial charge in [0.2, 0.25) is 0 Å². The van der Waals surface area contributed by atoms with Gasteiger partial charge in [0.15, 0.2) is 0 Å². The molecule has 84 valence electrons. The van der Waals surface area contributed by atoms with Crippen LogP contribution in [0.3, 0.4) is 0 Å². The lowest BCUT2D eigenvalue weighted by Gasteiger charge is -2.26. The van der Waals surface area contributed by atoms with Gasteiger partial charge in [0.1, 0.15) is 13.7 Å². The molecule has 1 aliphatic carbocycles. The first-order valence-electron chi connectivity index (χ1n) is 4.97. The summed E-state index contributed by atoms with van der Waals surface area (Å²) in [5.74, 6) is -0.0618. The van der Waals surface area contributed by atoms with Gasteiger partial charge in [-0.3, -0.25) is 0 Å². The minimum atomic E-state index is -2.78. The minimum Gasteiger partial charge on any atom is -0.374 e. The molecule has 0 saturated heterocycles. The Morgan fingerprint density at radius 1 is 1.20 bits per heavy atom. The smallest absolute Gasteiger partial charge is 0.266 e. The van der Waals surface area contributed by atoms with Crippen molar-refractivity contribution in [2.75, 3.05) is 0 Å². The zero-order valence-electron chi connectivity index (χ0n) is 9.27. The van der Waals surface area contributed by atoms with E-state index in [1.807, 2.05) is 19.6 Å². The number of aliphatic hydroxyl groups is 1. The molecular weight excluding hydrogens is 214 g/mol. The summed E-state index contributed by atoms with van der Waals surface area (Å²) in [7, 11) is -1.57. The molecule has 1 N–H and O–H groups in total. The zero-order chi connectivity index (χ0) is 11.7. The maximum absolute atomic E-state index is 12.8. The highest BCUT2D eigenvalue weighted by molar-refractivity contribution is 6.83. The fourth-order valence-electron chi connectivity index (χ4n) is 1.18. The van der Waals surface area contributed by atoms with E-state index in [0.717, 1.165) is 12.2 Å². The van der Waals surface area contributed by atoms with Crippen LogP contribution in [0.25, 0.3) is 0 Å². The molecule has 0 aliphatic heterocycles. The van der Waals surface area contributed by atoms with Crippen molar-refractivity contribution >= 4 is 8.07 Å². The molecule has 1 aliphatic rings. The second-order valence-corrected chi connectivity index (χ2v) is 9.77. The summed E-state index contributed by atoms with van der Waals surface area (Å²) >= 11 is 0. The first kappa shape index (κ1) is 12.4. The van der Waals surface area contributed by atoms with Gasteiger partial charge in [0.05, 0.1) is 0 Å². The highest BCUT2D eigenvalue weighted by Gasteiger charge is 2.36. The van der Waals surface area contributed by atoms with Gasteiger partial charge in [-0.2, -0.15) is 0 Å². The molecule has 0 aromatic heterocycles. The fraction of sp³-hybridized carbons (Fsp3) is 0.636. The van der Waals surface area contributed by atoms with Gasteiger partial charge in [-0.05, 0) is 18.6 Å². The van der Waals surface area contributed by atoms with Gasteiger partial charge >= 0.3 is 0 Å². The van der Waals surface area contributed by atoms with Gasteiger partial charge in [-0.25, -0.2) is 8.78 Å². The van der Waals surface area contributed by atoms with Crippen molar-refractivity contribution in [3.8, 4) is 11.5 Å². The number of hydrogen-bond donors (Lipinski definition) is 1. The summed E-state index contributed by atoms with van der Waals surface area (Å²) in [6.45, 7) is 6.14. The molecule has 1 nitrogen and oxygen atoms in total. The van der Waals surface area contributed by atoms with Crippen molar-refractivity contribution in [1.82, 2.24) is 0 Å². The Morgan fingerprint density at radius 3 is 2.20 bits per heavy atom. The molecule has 4 heteroatoms. The lowest BCUT2D eigenvalue weighted by atomic mass is 9.90. The van der Waals surface area contributed by atoms with Gasteiger partial charge in [0, 0.05) is 6.42 Å². The fourth-order valence-corrected chi connectivity index (χ4v) is 1.78. The van der Waals surface area contributed by atoms with E-state index in [-0.39, 0.29) is 12.8 Å². The van der Waals surface area contributed by atoms with Gasteiger partial charge < -0.3 is 5.11 Å². The predicted molar refractivity (Wildman–Crippen MR) is 59.4 cm³/mol. The average Bonchev–Trinajstić information content (AvgIpc) is 2.07. The minimum absolute atomic E-state index is 0.00792. The van der Waals surface area contributed by atoms with E-state index >= 15 is 0 Å². The number of hydrogen-bond acceptors (Lipinski definition) is 1. The van der Waals surface area contributed by atoms with Crippen molar-refractivity contribution < 1.29 is 13.9 Å². The average molecular weight is 230 g/mol. The molecule has 0 heterocycles. The SMILES string of the molecule is C[Si](C)(C)C#CC1(O)C=CC(F)(F)CC1. The van der Waals surface area contributed by atoms with E-state index in [9.17, 15) is 13.9 Å². The Hall–Kier alpha value is -0.663. The topological polar surface area (TPSA) is 20.2 Å². The van der Waals surface area contributed by atoms with E-state index in [4.69, 9.17) is 0 Å². The summed E-state index contributed by atoms with van der Waals surface area (Å²) < 4.78 is 25.6. The standard InChI is InChI=1S/C11H16F2OSi/c1-15(2,3)9-8-10(14)4-6-11(12,13)7-5-10/h4,6,14H,5,7H2,1-3H3. The van der Waals surface area contributed by atoms with Crippen LogP contribution >= 0.6 is 0 Å². The van der Waals surface area contributed by atoms with Crippen LogP contribution < -0.4 is 0 Å². The molecular formula is C11H16F2OSi. The van der Waals surface area contributed by atoms with Crippen molar-refractivity contribution in [2.45, 2.75) is 44.0 Å². The summed E-state index contributed by atoms with van der Waals surface area (Å²) in [5, 5.41) is 9.90. The molecule has 0 amide bonds. The molecule has 0 radical (unpaired) electrons. The molecule has 1 atom stereocenters. The molecule has 0 aromatic rings. The lowest BCUT2D eigenvalue weighted by molar-refractivity contribution is 0.00711. The van der Waals surface area contributed by atoms with Crippen LogP contribution in [-0.4, -0.2) is 24.7 Å². The second-order valence-electron chi connectivity index (χ2n) is 5.02. The van der Waals surface area contributed by atoms with Crippen LogP contribution in [0.4, 0.5) is 8.78 Å². The van der Waals surface area contributed by atoms with Gasteiger partial charge in [-0.1, -0.05) is 25.6 Å². The van der Waals surface area contributed by atoms with Crippen LogP contribution in [0.1, 0.15) is 12.8 Å².